The molecular formula is C17H22INO4. The van der Waals surface area contributed by atoms with Crippen molar-refractivity contribution in [2.45, 2.75) is 44.6 Å². The van der Waals surface area contributed by atoms with Crippen molar-refractivity contribution in [1.29, 1.82) is 0 Å². The van der Waals surface area contributed by atoms with E-state index in [9.17, 15) is 9.59 Å². The van der Waals surface area contributed by atoms with Crippen molar-refractivity contribution in [2.75, 3.05) is 13.2 Å². The van der Waals surface area contributed by atoms with Gasteiger partial charge >= 0.3 is 5.97 Å². The zero-order chi connectivity index (χ0) is 16.7. The highest BCUT2D eigenvalue weighted by Crippen LogP contribution is 2.29. The molecule has 1 aromatic rings. The Balaban J connectivity index is 1.94. The highest BCUT2D eigenvalue weighted by molar-refractivity contribution is 14.1. The second kappa shape index (κ2) is 8.52. The van der Waals surface area contributed by atoms with Crippen molar-refractivity contribution in [3.8, 4) is 5.75 Å². The largest absolute Gasteiger partial charge is 0.484 e. The number of hydrogen-bond donors (Lipinski definition) is 1. The Morgan fingerprint density at radius 1 is 1.17 bits per heavy atom. The first-order valence-corrected chi connectivity index (χ1v) is 9.00. The predicted octanol–water partition coefficient (Wildman–Crippen LogP) is 3.05. The topological polar surface area (TPSA) is 64.6 Å². The van der Waals surface area contributed by atoms with Crippen LogP contribution in [0.3, 0.4) is 0 Å². The second-order valence-electron chi connectivity index (χ2n) is 5.65. The Morgan fingerprint density at radius 3 is 2.43 bits per heavy atom. The molecule has 0 spiro atoms. The van der Waals surface area contributed by atoms with Gasteiger partial charge in [-0.05, 0) is 66.6 Å². The van der Waals surface area contributed by atoms with E-state index in [1.165, 1.54) is 0 Å². The summed E-state index contributed by atoms with van der Waals surface area (Å²) in [4.78, 5) is 24.5. The number of nitrogens with one attached hydrogen (secondary N) is 1. The van der Waals surface area contributed by atoms with Crippen molar-refractivity contribution in [3.63, 3.8) is 0 Å². The van der Waals surface area contributed by atoms with Crippen LogP contribution in [0.1, 0.15) is 39.0 Å². The number of ether oxygens (including phenoxy) is 2. The molecule has 1 N–H and O–H groups in total. The zero-order valence-electron chi connectivity index (χ0n) is 13.3. The first kappa shape index (κ1) is 18.0. The summed E-state index contributed by atoms with van der Waals surface area (Å²) in [7, 11) is 0. The van der Waals surface area contributed by atoms with Crippen LogP contribution in [0.2, 0.25) is 0 Å². The third-order valence-corrected chi connectivity index (χ3v) is 4.65. The van der Waals surface area contributed by atoms with Gasteiger partial charge in [0.25, 0.3) is 5.91 Å². The van der Waals surface area contributed by atoms with Gasteiger partial charge in [0.2, 0.25) is 0 Å². The highest BCUT2D eigenvalue weighted by atomic mass is 127. The summed E-state index contributed by atoms with van der Waals surface area (Å²) in [6.07, 6.45) is 4.16. The molecule has 1 amide bonds. The molecule has 0 unspecified atom stereocenters. The summed E-state index contributed by atoms with van der Waals surface area (Å²) >= 11 is 2.21. The highest BCUT2D eigenvalue weighted by Gasteiger charge is 2.42. The molecule has 0 radical (unpaired) electrons. The average molecular weight is 431 g/mol. The zero-order valence-corrected chi connectivity index (χ0v) is 15.4. The van der Waals surface area contributed by atoms with Crippen LogP contribution >= 0.6 is 22.6 Å². The lowest BCUT2D eigenvalue weighted by molar-refractivity contribution is -0.155. The molecule has 1 aliphatic carbocycles. The molecule has 126 valence electrons. The Hall–Kier alpha value is -1.31. The summed E-state index contributed by atoms with van der Waals surface area (Å²) in [5.74, 6) is 0.00946. The number of esters is 1. The van der Waals surface area contributed by atoms with Gasteiger partial charge in [-0.2, -0.15) is 0 Å². The number of halogens is 1. The summed E-state index contributed by atoms with van der Waals surface area (Å²) in [5.41, 5.74) is -0.888. The Kier molecular flexibility index (Phi) is 6.68. The van der Waals surface area contributed by atoms with Crippen LogP contribution in [0.4, 0.5) is 0 Å². The van der Waals surface area contributed by atoms with E-state index in [0.717, 1.165) is 22.8 Å². The molecule has 1 saturated carbocycles. The van der Waals surface area contributed by atoms with E-state index < -0.39 is 5.54 Å². The molecule has 0 atom stereocenters. The maximum absolute atomic E-state index is 12.3. The first-order chi connectivity index (χ1) is 11.1. The molecule has 1 aliphatic rings. The van der Waals surface area contributed by atoms with Crippen LogP contribution < -0.4 is 10.1 Å². The molecule has 5 nitrogen and oxygen atoms in total. The fourth-order valence-corrected chi connectivity index (χ4v) is 3.15. The maximum atomic E-state index is 12.3. The molecule has 0 saturated heterocycles. The number of benzene rings is 1. The molecule has 6 heteroatoms. The lowest BCUT2D eigenvalue weighted by atomic mass is 9.81. The number of carbonyl (C=O) groups excluding carboxylic acids is 2. The summed E-state index contributed by atoms with van der Waals surface area (Å²) in [6, 6.07) is 7.46. The van der Waals surface area contributed by atoms with Gasteiger partial charge in [-0.15, -0.1) is 0 Å². The first-order valence-electron chi connectivity index (χ1n) is 7.92. The van der Waals surface area contributed by atoms with Gasteiger partial charge < -0.3 is 14.8 Å². The van der Waals surface area contributed by atoms with Crippen molar-refractivity contribution in [1.82, 2.24) is 5.32 Å². The van der Waals surface area contributed by atoms with E-state index in [0.29, 0.717) is 25.2 Å². The molecule has 0 bridgehead atoms. The van der Waals surface area contributed by atoms with Gasteiger partial charge in [-0.25, -0.2) is 4.79 Å². The van der Waals surface area contributed by atoms with Crippen LogP contribution in [-0.4, -0.2) is 30.6 Å². The molecule has 0 aliphatic heterocycles. The van der Waals surface area contributed by atoms with Gasteiger partial charge in [0.15, 0.2) is 6.61 Å². The van der Waals surface area contributed by atoms with Crippen LogP contribution in [0.15, 0.2) is 24.3 Å². The number of amides is 1. The third-order valence-electron chi connectivity index (χ3n) is 3.94. The molecule has 23 heavy (non-hydrogen) atoms. The van der Waals surface area contributed by atoms with Gasteiger partial charge in [0.1, 0.15) is 11.3 Å². The minimum Gasteiger partial charge on any atom is -0.484 e. The monoisotopic (exact) mass is 431 g/mol. The fourth-order valence-electron chi connectivity index (χ4n) is 2.79. The number of rotatable bonds is 6. The Morgan fingerprint density at radius 2 is 1.83 bits per heavy atom. The van der Waals surface area contributed by atoms with Crippen LogP contribution in [0, 0.1) is 3.57 Å². The Bertz CT molecular complexity index is 538. The van der Waals surface area contributed by atoms with E-state index in [4.69, 9.17) is 9.47 Å². The Labute approximate surface area is 150 Å². The second-order valence-corrected chi connectivity index (χ2v) is 6.90. The quantitative estimate of drug-likeness (QED) is 0.556. The smallest absolute Gasteiger partial charge is 0.331 e. The van der Waals surface area contributed by atoms with Crippen molar-refractivity contribution >= 4 is 34.5 Å². The number of carbonyl (C=O) groups is 2. The third kappa shape index (κ3) is 5.09. The standard InChI is InChI=1S/C17H22INO4/c1-2-22-16(21)17(10-4-3-5-11-17)19-15(20)12-23-14-8-6-13(18)7-9-14/h6-9H,2-5,10-12H2,1H3,(H,19,20). The van der Waals surface area contributed by atoms with Gasteiger partial charge in [0, 0.05) is 3.57 Å². The minimum atomic E-state index is -0.888. The SMILES string of the molecule is CCOC(=O)C1(NC(=O)COc2ccc(I)cc2)CCCCC1. The predicted molar refractivity (Wildman–Crippen MR) is 95.2 cm³/mol. The molecular weight excluding hydrogens is 409 g/mol. The van der Waals surface area contributed by atoms with E-state index in [2.05, 4.69) is 27.9 Å². The van der Waals surface area contributed by atoms with E-state index in [-0.39, 0.29) is 18.5 Å². The van der Waals surface area contributed by atoms with Gasteiger partial charge in [-0.3, -0.25) is 4.79 Å². The van der Waals surface area contributed by atoms with Crippen LogP contribution in [-0.2, 0) is 14.3 Å². The number of hydrogen-bond acceptors (Lipinski definition) is 4. The van der Waals surface area contributed by atoms with Crippen molar-refractivity contribution < 1.29 is 19.1 Å². The molecule has 0 aromatic heterocycles. The van der Waals surface area contributed by atoms with Crippen LogP contribution in [0.5, 0.6) is 5.75 Å². The normalized spacial score (nSPS) is 16.4. The molecule has 1 fully saturated rings. The van der Waals surface area contributed by atoms with E-state index in [1.807, 2.05) is 24.3 Å². The lowest BCUT2D eigenvalue weighted by Crippen LogP contribution is -2.57. The minimum absolute atomic E-state index is 0.109. The van der Waals surface area contributed by atoms with Gasteiger partial charge in [0.05, 0.1) is 6.61 Å². The maximum Gasteiger partial charge on any atom is 0.331 e. The average Bonchev–Trinajstić information content (AvgIpc) is 2.55. The summed E-state index contributed by atoms with van der Waals surface area (Å²) in [5, 5.41) is 2.86. The van der Waals surface area contributed by atoms with E-state index >= 15 is 0 Å². The molecule has 1 aromatic carbocycles. The van der Waals surface area contributed by atoms with Gasteiger partial charge in [-0.1, -0.05) is 19.3 Å². The van der Waals surface area contributed by atoms with Crippen LogP contribution in [0.25, 0.3) is 0 Å². The molecule has 0 heterocycles. The summed E-state index contributed by atoms with van der Waals surface area (Å²) < 4.78 is 11.7. The fraction of sp³-hybridized carbons (Fsp3) is 0.529. The lowest BCUT2D eigenvalue weighted by Gasteiger charge is -2.35. The van der Waals surface area contributed by atoms with E-state index in [1.54, 1.807) is 6.92 Å². The summed E-state index contributed by atoms with van der Waals surface area (Å²) in [6.45, 7) is 1.98. The van der Waals surface area contributed by atoms with Crippen molar-refractivity contribution in [3.05, 3.63) is 27.8 Å². The molecule has 2 rings (SSSR count). The van der Waals surface area contributed by atoms with Crippen molar-refractivity contribution in [2.24, 2.45) is 0 Å².